The molecule has 2 aromatic rings. The van der Waals surface area contributed by atoms with Crippen LogP contribution >= 0.6 is 0 Å². The quantitative estimate of drug-likeness (QED) is 0.703. The summed E-state index contributed by atoms with van der Waals surface area (Å²) >= 11 is 0. The van der Waals surface area contributed by atoms with Crippen molar-refractivity contribution in [3.8, 4) is 6.07 Å². The zero-order valence-electron chi connectivity index (χ0n) is 18.6. The molecule has 10 heteroatoms. The van der Waals surface area contributed by atoms with Crippen molar-refractivity contribution < 1.29 is 14.0 Å². The topological polar surface area (TPSA) is 108 Å². The fourth-order valence-electron chi connectivity index (χ4n) is 5.25. The van der Waals surface area contributed by atoms with Crippen molar-refractivity contribution >= 4 is 17.8 Å². The monoisotopic (exact) mass is 467 g/mol. The van der Waals surface area contributed by atoms with Crippen LogP contribution in [0.2, 0.25) is 0 Å². The minimum absolute atomic E-state index is 0. The van der Waals surface area contributed by atoms with E-state index >= 15 is 0 Å². The van der Waals surface area contributed by atoms with Crippen molar-refractivity contribution in [2.24, 2.45) is 0 Å². The number of aromatic amines is 1. The van der Waals surface area contributed by atoms with E-state index in [2.05, 4.69) is 27.3 Å². The Bertz CT molecular complexity index is 1160. The standard InChI is InChI=1S/C23H26FN7O2.CH4/c1-13-10-29-7-3-4-16(29)11-30(13)23(33)31-12-18-20(14(31)2)27-28-21(18)26-22(32)17-6-5-15(9-25)8-19(17)24;/h5-6,8,13-14,16H,3-4,7,10-12H2,1-2H3,(H2,26,27,28,32);1H4/t13-,14?,16-;/m0./s1. The van der Waals surface area contributed by atoms with Crippen molar-refractivity contribution in [3.05, 3.63) is 46.4 Å². The number of halogens is 1. The van der Waals surface area contributed by atoms with E-state index in [-0.39, 0.29) is 42.5 Å². The zero-order valence-corrected chi connectivity index (χ0v) is 18.6. The highest BCUT2D eigenvalue weighted by molar-refractivity contribution is 6.04. The van der Waals surface area contributed by atoms with E-state index in [4.69, 9.17) is 5.26 Å². The molecule has 3 atom stereocenters. The second-order valence-electron chi connectivity index (χ2n) is 9.10. The number of fused-ring (bicyclic) bond motifs is 2. The van der Waals surface area contributed by atoms with Gasteiger partial charge in [-0.15, -0.1) is 0 Å². The van der Waals surface area contributed by atoms with Gasteiger partial charge in [-0.05, 0) is 51.4 Å². The highest BCUT2D eigenvalue weighted by atomic mass is 19.1. The van der Waals surface area contributed by atoms with E-state index in [0.717, 1.165) is 43.4 Å². The number of carbonyl (C=O) groups is 2. The molecule has 0 spiro atoms. The number of rotatable bonds is 2. The molecule has 9 nitrogen and oxygen atoms in total. The first-order valence-electron chi connectivity index (χ1n) is 11.3. The fraction of sp³-hybridized carbons (Fsp3) is 0.500. The van der Waals surface area contributed by atoms with Crippen molar-refractivity contribution in [1.29, 1.82) is 5.26 Å². The number of hydrogen-bond acceptors (Lipinski definition) is 5. The maximum absolute atomic E-state index is 14.3. The molecule has 0 bridgehead atoms. The van der Waals surface area contributed by atoms with E-state index in [1.165, 1.54) is 18.6 Å². The van der Waals surface area contributed by atoms with Crippen LogP contribution in [0.4, 0.5) is 15.0 Å². The largest absolute Gasteiger partial charge is 0.321 e. The Morgan fingerprint density at radius 2 is 2.06 bits per heavy atom. The van der Waals surface area contributed by atoms with Gasteiger partial charge < -0.3 is 15.1 Å². The molecule has 2 fully saturated rings. The molecule has 1 unspecified atom stereocenters. The normalized spacial score (nSPS) is 23.6. The van der Waals surface area contributed by atoms with Crippen LogP contribution in [0.5, 0.6) is 0 Å². The van der Waals surface area contributed by atoms with Gasteiger partial charge in [-0.1, -0.05) is 7.43 Å². The van der Waals surface area contributed by atoms with Crippen LogP contribution in [0.15, 0.2) is 18.2 Å². The summed E-state index contributed by atoms with van der Waals surface area (Å²) in [7, 11) is 0. The molecule has 5 rings (SSSR count). The Morgan fingerprint density at radius 3 is 2.79 bits per heavy atom. The van der Waals surface area contributed by atoms with Crippen LogP contribution in [0.25, 0.3) is 0 Å². The molecule has 2 N–H and O–H groups in total. The number of amides is 3. The van der Waals surface area contributed by atoms with Gasteiger partial charge in [-0.2, -0.15) is 10.4 Å². The van der Waals surface area contributed by atoms with Gasteiger partial charge in [-0.25, -0.2) is 9.18 Å². The molecular weight excluding hydrogens is 437 g/mol. The molecule has 4 heterocycles. The van der Waals surface area contributed by atoms with Gasteiger partial charge in [0, 0.05) is 30.7 Å². The Labute approximate surface area is 198 Å². The molecule has 2 saturated heterocycles. The Hall–Kier alpha value is -3.45. The van der Waals surface area contributed by atoms with Gasteiger partial charge in [0.2, 0.25) is 0 Å². The molecular formula is C24H30FN7O2. The number of benzene rings is 1. The number of anilines is 1. The van der Waals surface area contributed by atoms with E-state index in [1.807, 2.05) is 17.9 Å². The van der Waals surface area contributed by atoms with Gasteiger partial charge in [0.25, 0.3) is 5.91 Å². The maximum atomic E-state index is 14.3. The number of nitriles is 1. The molecule has 3 aliphatic rings. The predicted octanol–water partition coefficient (Wildman–Crippen LogP) is 3.47. The minimum atomic E-state index is -0.774. The van der Waals surface area contributed by atoms with Gasteiger partial charge in [0.1, 0.15) is 5.82 Å². The van der Waals surface area contributed by atoms with E-state index in [1.54, 1.807) is 4.90 Å². The Balaban J connectivity index is 0.00000274. The van der Waals surface area contributed by atoms with Crippen molar-refractivity contribution in [2.75, 3.05) is 25.0 Å². The molecule has 180 valence electrons. The van der Waals surface area contributed by atoms with Crippen LogP contribution in [-0.4, -0.2) is 68.6 Å². The number of piperazine rings is 1. The van der Waals surface area contributed by atoms with Crippen molar-refractivity contribution in [3.63, 3.8) is 0 Å². The third-order valence-corrected chi connectivity index (χ3v) is 7.12. The van der Waals surface area contributed by atoms with Crippen LogP contribution in [-0.2, 0) is 6.54 Å². The number of nitrogens with one attached hydrogen (secondary N) is 2. The SMILES string of the molecule is C.CC1c2[nH]nc(NC(=O)c3ccc(C#N)cc3F)c2CN1C(=O)N1C[C@@H]2CCCN2C[C@@H]1C. The van der Waals surface area contributed by atoms with E-state index in [0.29, 0.717) is 12.6 Å². The number of carbonyl (C=O) groups excluding carboxylic acids is 2. The molecule has 0 aliphatic carbocycles. The van der Waals surface area contributed by atoms with E-state index < -0.39 is 11.7 Å². The number of aromatic nitrogens is 2. The summed E-state index contributed by atoms with van der Waals surface area (Å²) in [6, 6.07) is 5.87. The highest BCUT2D eigenvalue weighted by Gasteiger charge is 2.42. The summed E-state index contributed by atoms with van der Waals surface area (Å²) < 4.78 is 14.3. The molecule has 0 saturated carbocycles. The third kappa shape index (κ3) is 3.90. The lowest BCUT2D eigenvalue weighted by Gasteiger charge is -2.44. The second kappa shape index (κ2) is 9.06. The van der Waals surface area contributed by atoms with Crippen LogP contribution in [0.1, 0.15) is 67.3 Å². The number of urea groups is 1. The van der Waals surface area contributed by atoms with Crippen LogP contribution < -0.4 is 5.32 Å². The van der Waals surface area contributed by atoms with Gasteiger partial charge in [0.05, 0.1) is 35.5 Å². The van der Waals surface area contributed by atoms with E-state index in [9.17, 15) is 14.0 Å². The average Bonchev–Trinajstić information content (AvgIpc) is 3.49. The summed E-state index contributed by atoms with van der Waals surface area (Å²) in [6.07, 6.45) is 2.30. The van der Waals surface area contributed by atoms with Crippen LogP contribution in [0.3, 0.4) is 0 Å². The third-order valence-electron chi connectivity index (χ3n) is 7.12. The van der Waals surface area contributed by atoms with Gasteiger partial charge >= 0.3 is 6.03 Å². The molecule has 1 aromatic carbocycles. The zero-order chi connectivity index (χ0) is 23.3. The first-order valence-corrected chi connectivity index (χ1v) is 11.3. The van der Waals surface area contributed by atoms with Crippen LogP contribution in [0, 0.1) is 17.1 Å². The molecule has 34 heavy (non-hydrogen) atoms. The summed E-state index contributed by atoms with van der Waals surface area (Å²) in [5.74, 6) is -1.15. The summed E-state index contributed by atoms with van der Waals surface area (Å²) in [5, 5.41) is 18.7. The Morgan fingerprint density at radius 1 is 1.26 bits per heavy atom. The summed E-state index contributed by atoms with van der Waals surface area (Å²) in [6.45, 7) is 7.07. The molecule has 3 aliphatic heterocycles. The Kier molecular flexibility index (Phi) is 6.32. The number of H-pyrrole nitrogens is 1. The second-order valence-corrected chi connectivity index (χ2v) is 9.10. The van der Waals surface area contributed by atoms with Crippen molar-refractivity contribution in [2.45, 2.75) is 58.8 Å². The van der Waals surface area contributed by atoms with Crippen molar-refractivity contribution in [1.82, 2.24) is 24.9 Å². The lowest BCUT2D eigenvalue weighted by molar-refractivity contribution is 0.0580. The lowest BCUT2D eigenvalue weighted by atomic mass is 10.1. The minimum Gasteiger partial charge on any atom is -0.319 e. The average molecular weight is 468 g/mol. The summed E-state index contributed by atoms with van der Waals surface area (Å²) in [5.41, 5.74) is 1.46. The summed E-state index contributed by atoms with van der Waals surface area (Å²) in [4.78, 5) is 32.4. The predicted molar refractivity (Wildman–Crippen MR) is 125 cm³/mol. The maximum Gasteiger partial charge on any atom is 0.321 e. The highest BCUT2D eigenvalue weighted by Crippen LogP contribution is 2.37. The van der Waals surface area contributed by atoms with Gasteiger partial charge in [-0.3, -0.25) is 14.8 Å². The fourth-order valence-corrected chi connectivity index (χ4v) is 5.25. The van der Waals surface area contributed by atoms with Gasteiger partial charge in [0.15, 0.2) is 5.82 Å². The molecule has 0 radical (unpaired) electrons. The first kappa shape index (κ1) is 23.7. The first-order chi connectivity index (χ1) is 15.9. The smallest absolute Gasteiger partial charge is 0.319 e. The number of hydrogen-bond donors (Lipinski definition) is 2. The molecule has 3 amide bonds. The molecule has 1 aromatic heterocycles. The number of nitrogens with zero attached hydrogens (tertiary/aromatic N) is 5. The lowest BCUT2D eigenvalue weighted by Crippen LogP contribution is -2.59.